The third-order valence-corrected chi connectivity index (χ3v) is 2.81. The van der Waals surface area contributed by atoms with Gasteiger partial charge in [0.15, 0.2) is 5.69 Å². The number of nitrogens with one attached hydrogen (secondary N) is 1. The molecule has 1 aromatic carbocycles. The van der Waals surface area contributed by atoms with Crippen LogP contribution in [0.3, 0.4) is 0 Å². The van der Waals surface area contributed by atoms with Gasteiger partial charge in [-0.05, 0) is 31.2 Å². The van der Waals surface area contributed by atoms with E-state index in [-0.39, 0.29) is 11.3 Å². The van der Waals surface area contributed by atoms with Crippen LogP contribution in [0.5, 0.6) is 5.75 Å². The smallest absolute Gasteiger partial charge is 0.354 e. The van der Waals surface area contributed by atoms with Crippen molar-refractivity contribution < 1.29 is 19.4 Å². The van der Waals surface area contributed by atoms with Gasteiger partial charge in [0.2, 0.25) is 0 Å². The molecule has 0 saturated heterocycles. The van der Waals surface area contributed by atoms with Crippen molar-refractivity contribution in [3.63, 3.8) is 0 Å². The Morgan fingerprint density at radius 3 is 2.57 bits per heavy atom. The molecule has 0 aliphatic rings. The average molecular weight is 289 g/mol. The summed E-state index contributed by atoms with van der Waals surface area (Å²) in [7, 11) is 1.47. The number of aryl methyl sites for hydroxylation is 1. The van der Waals surface area contributed by atoms with E-state index >= 15 is 0 Å². The van der Waals surface area contributed by atoms with Crippen molar-refractivity contribution in [2.75, 3.05) is 11.9 Å². The maximum atomic E-state index is 12.1. The summed E-state index contributed by atoms with van der Waals surface area (Å²) in [5.74, 6) is -1.03. The Balaban J connectivity index is 2.16. The molecule has 2 rings (SSSR count). The highest BCUT2D eigenvalue weighted by molar-refractivity contribution is 6.09. The Bertz CT molecular complexity index is 661. The van der Waals surface area contributed by atoms with Gasteiger partial charge in [0.25, 0.3) is 5.91 Å². The Morgan fingerprint density at radius 1 is 1.33 bits per heavy atom. The monoisotopic (exact) mass is 289 g/mol. The molecular formula is C14H15N3O4. The topological polar surface area (TPSA) is 93.5 Å². The SMILES string of the molecule is CCOc1ccc(NC(=O)c2cnn(C)c2C(=O)O)cc1. The number of carboxylic acid groups (broad SMARTS) is 1. The number of nitrogens with zero attached hydrogens (tertiary/aromatic N) is 2. The van der Waals surface area contributed by atoms with Crippen LogP contribution in [0.2, 0.25) is 0 Å². The molecule has 7 nitrogen and oxygen atoms in total. The van der Waals surface area contributed by atoms with Gasteiger partial charge in [-0.15, -0.1) is 0 Å². The minimum Gasteiger partial charge on any atom is -0.494 e. The fourth-order valence-electron chi connectivity index (χ4n) is 1.86. The second-order valence-electron chi connectivity index (χ2n) is 4.25. The molecule has 0 saturated carbocycles. The third-order valence-electron chi connectivity index (χ3n) is 2.81. The molecule has 2 N–H and O–H groups in total. The van der Waals surface area contributed by atoms with E-state index in [1.807, 2.05) is 6.92 Å². The van der Waals surface area contributed by atoms with Crippen LogP contribution in [0.1, 0.15) is 27.8 Å². The maximum Gasteiger partial charge on any atom is 0.354 e. The standard InChI is InChI=1S/C14H15N3O4/c1-3-21-10-6-4-9(5-7-10)16-13(18)11-8-15-17(2)12(11)14(19)20/h4-8H,3H2,1-2H3,(H,16,18)(H,19,20). The van der Waals surface area contributed by atoms with Crippen molar-refractivity contribution in [2.45, 2.75) is 6.92 Å². The minimum atomic E-state index is -1.20. The number of hydrogen-bond donors (Lipinski definition) is 2. The van der Waals surface area contributed by atoms with E-state index in [1.165, 1.54) is 13.2 Å². The summed E-state index contributed by atoms with van der Waals surface area (Å²) in [4.78, 5) is 23.2. The van der Waals surface area contributed by atoms with Crippen LogP contribution in [0.4, 0.5) is 5.69 Å². The Labute approximate surface area is 121 Å². The van der Waals surface area contributed by atoms with Crippen LogP contribution in [0.15, 0.2) is 30.5 Å². The molecule has 0 unspecified atom stereocenters. The van der Waals surface area contributed by atoms with Crippen molar-refractivity contribution in [1.82, 2.24) is 9.78 Å². The van der Waals surface area contributed by atoms with Gasteiger partial charge >= 0.3 is 5.97 Å². The lowest BCUT2D eigenvalue weighted by Gasteiger charge is -2.07. The van der Waals surface area contributed by atoms with E-state index < -0.39 is 11.9 Å². The number of aromatic carboxylic acids is 1. The zero-order valence-electron chi connectivity index (χ0n) is 11.7. The van der Waals surface area contributed by atoms with E-state index in [0.717, 1.165) is 4.68 Å². The highest BCUT2D eigenvalue weighted by Crippen LogP contribution is 2.17. The number of benzene rings is 1. The minimum absolute atomic E-state index is 0.0129. The predicted octanol–water partition coefficient (Wildman–Crippen LogP) is 1.77. The molecule has 0 atom stereocenters. The normalized spacial score (nSPS) is 10.2. The summed E-state index contributed by atoms with van der Waals surface area (Å²) in [6, 6.07) is 6.81. The summed E-state index contributed by atoms with van der Waals surface area (Å²) >= 11 is 0. The highest BCUT2D eigenvalue weighted by atomic mass is 16.5. The Morgan fingerprint density at radius 2 is 2.00 bits per heavy atom. The fraction of sp³-hybridized carbons (Fsp3) is 0.214. The van der Waals surface area contributed by atoms with Crippen molar-refractivity contribution in [3.8, 4) is 5.75 Å². The van der Waals surface area contributed by atoms with Gasteiger partial charge in [-0.25, -0.2) is 4.79 Å². The zero-order valence-corrected chi connectivity index (χ0v) is 11.7. The number of hydrogen-bond acceptors (Lipinski definition) is 4. The molecule has 21 heavy (non-hydrogen) atoms. The van der Waals surface area contributed by atoms with Crippen molar-refractivity contribution in [1.29, 1.82) is 0 Å². The first-order chi connectivity index (χ1) is 10.0. The number of aromatic nitrogens is 2. The van der Waals surface area contributed by atoms with Crippen LogP contribution >= 0.6 is 0 Å². The number of rotatable bonds is 5. The molecule has 0 bridgehead atoms. The number of ether oxygens (including phenoxy) is 1. The number of anilines is 1. The molecule has 2 aromatic rings. The highest BCUT2D eigenvalue weighted by Gasteiger charge is 2.21. The zero-order chi connectivity index (χ0) is 15.4. The first-order valence-corrected chi connectivity index (χ1v) is 6.32. The lowest BCUT2D eigenvalue weighted by Crippen LogP contribution is -2.17. The average Bonchev–Trinajstić information content (AvgIpc) is 2.83. The van der Waals surface area contributed by atoms with Gasteiger partial charge in [-0.1, -0.05) is 0 Å². The van der Waals surface area contributed by atoms with Crippen LogP contribution in [-0.4, -0.2) is 33.4 Å². The second kappa shape index (κ2) is 6.08. The second-order valence-corrected chi connectivity index (χ2v) is 4.25. The number of carbonyl (C=O) groups is 2. The molecule has 0 spiro atoms. The Hall–Kier alpha value is -2.83. The van der Waals surface area contributed by atoms with E-state index in [0.29, 0.717) is 18.0 Å². The molecule has 1 amide bonds. The fourth-order valence-corrected chi connectivity index (χ4v) is 1.86. The van der Waals surface area contributed by atoms with Gasteiger partial charge in [0.1, 0.15) is 5.75 Å². The van der Waals surface area contributed by atoms with Gasteiger partial charge in [-0.3, -0.25) is 9.48 Å². The quantitative estimate of drug-likeness (QED) is 0.875. The molecule has 7 heteroatoms. The van der Waals surface area contributed by atoms with Gasteiger partial charge < -0.3 is 15.2 Å². The predicted molar refractivity (Wildman–Crippen MR) is 75.7 cm³/mol. The van der Waals surface area contributed by atoms with Crippen LogP contribution in [0.25, 0.3) is 0 Å². The molecule has 110 valence electrons. The van der Waals surface area contributed by atoms with Gasteiger partial charge in [0.05, 0.1) is 18.4 Å². The van der Waals surface area contributed by atoms with Gasteiger partial charge in [0, 0.05) is 12.7 Å². The molecule has 1 aromatic heterocycles. The van der Waals surface area contributed by atoms with Crippen molar-refractivity contribution in [3.05, 3.63) is 41.7 Å². The maximum absolute atomic E-state index is 12.1. The molecule has 0 aliphatic carbocycles. The summed E-state index contributed by atoms with van der Waals surface area (Å²) in [5, 5.41) is 15.5. The third kappa shape index (κ3) is 3.19. The number of carboxylic acids is 1. The summed E-state index contributed by atoms with van der Waals surface area (Å²) in [6.45, 7) is 2.44. The molecule has 1 heterocycles. The first-order valence-electron chi connectivity index (χ1n) is 6.32. The molecule has 0 fully saturated rings. The van der Waals surface area contributed by atoms with E-state index in [1.54, 1.807) is 24.3 Å². The van der Waals surface area contributed by atoms with Crippen LogP contribution in [0, 0.1) is 0 Å². The van der Waals surface area contributed by atoms with Crippen LogP contribution in [-0.2, 0) is 7.05 Å². The number of amides is 1. The van der Waals surface area contributed by atoms with Crippen molar-refractivity contribution >= 4 is 17.6 Å². The van der Waals surface area contributed by atoms with E-state index in [2.05, 4.69) is 10.4 Å². The van der Waals surface area contributed by atoms with E-state index in [4.69, 9.17) is 9.84 Å². The first kappa shape index (κ1) is 14.6. The largest absolute Gasteiger partial charge is 0.494 e. The Kier molecular flexibility index (Phi) is 4.22. The summed E-state index contributed by atoms with van der Waals surface area (Å²) < 4.78 is 6.45. The number of carbonyl (C=O) groups excluding carboxylic acids is 1. The molecular weight excluding hydrogens is 274 g/mol. The molecule has 0 radical (unpaired) electrons. The lowest BCUT2D eigenvalue weighted by molar-refractivity contribution is 0.0680. The lowest BCUT2D eigenvalue weighted by atomic mass is 10.2. The van der Waals surface area contributed by atoms with Crippen molar-refractivity contribution in [2.24, 2.45) is 7.05 Å². The summed E-state index contributed by atoms with van der Waals surface area (Å²) in [6.07, 6.45) is 1.23. The van der Waals surface area contributed by atoms with E-state index in [9.17, 15) is 9.59 Å². The van der Waals surface area contributed by atoms with Crippen LogP contribution < -0.4 is 10.1 Å². The molecule has 0 aliphatic heterocycles. The van der Waals surface area contributed by atoms with Gasteiger partial charge in [-0.2, -0.15) is 5.10 Å². The summed E-state index contributed by atoms with van der Waals surface area (Å²) in [5.41, 5.74) is 0.404.